The quantitative estimate of drug-likeness (QED) is 0.608. The fourth-order valence-electron chi connectivity index (χ4n) is 3.10. The number of hydrogen-bond donors (Lipinski definition) is 2. The monoisotopic (exact) mass is 412 g/mol. The number of ether oxygens (including phenoxy) is 1. The molecule has 0 aliphatic rings. The standard InChI is InChI=1S/C23H22ClFN2O2/c1-14-7-15(3-6-21(14)24)13-27-23(28)18-9-16(12-26)8-17(10-18)20-5-4-19(25)11-22(20)29-2/h3-11H,12-13,26H2,1-2H3,(H,27,28). The minimum Gasteiger partial charge on any atom is -0.496 e. The highest BCUT2D eigenvalue weighted by atomic mass is 35.5. The molecule has 1 amide bonds. The van der Waals surface area contributed by atoms with Gasteiger partial charge in [0.2, 0.25) is 0 Å². The van der Waals surface area contributed by atoms with Crippen molar-refractivity contribution >= 4 is 17.5 Å². The molecule has 3 rings (SSSR count). The maximum Gasteiger partial charge on any atom is 0.251 e. The molecule has 3 N–H and O–H groups in total. The summed E-state index contributed by atoms with van der Waals surface area (Å²) in [4.78, 5) is 12.8. The lowest BCUT2D eigenvalue weighted by Crippen LogP contribution is -2.23. The van der Waals surface area contributed by atoms with Gasteiger partial charge in [0.1, 0.15) is 11.6 Å². The fourth-order valence-corrected chi connectivity index (χ4v) is 3.22. The van der Waals surface area contributed by atoms with Gasteiger partial charge in [-0.3, -0.25) is 4.79 Å². The van der Waals surface area contributed by atoms with E-state index < -0.39 is 5.82 Å². The van der Waals surface area contributed by atoms with Gasteiger partial charge in [-0.05, 0) is 65.6 Å². The van der Waals surface area contributed by atoms with Gasteiger partial charge in [0, 0.05) is 35.3 Å². The van der Waals surface area contributed by atoms with E-state index in [2.05, 4.69) is 5.32 Å². The Balaban J connectivity index is 1.88. The summed E-state index contributed by atoms with van der Waals surface area (Å²) in [5, 5.41) is 3.60. The summed E-state index contributed by atoms with van der Waals surface area (Å²) in [6.07, 6.45) is 0. The largest absolute Gasteiger partial charge is 0.496 e. The van der Waals surface area contributed by atoms with E-state index in [4.69, 9.17) is 22.1 Å². The number of benzene rings is 3. The van der Waals surface area contributed by atoms with Crippen LogP contribution in [0.3, 0.4) is 0 Å². The number of halogens is 2. The number of carbonyl (C=O) groups is 1. The predicted molar refractivity (Wildman–Crippen MR) is 114 cm³/mol. The molecule has 0 radical (unpaired) electrons. The molecule has 150 valence electrons. The van der Waals surface area contributed by atoms with Gasteiger partial charge in [-0.1, -0.05) is 23.7 Å². The maximum atomic E-state index is 13.5. The van der Waals surface area contributed by atoms with Crippen molar-refractivity contribution in [1.29, 1.82) is 0 Å². The van der Waals surface area contributed by atoms with Crippen LogP contribution >= 0.6 is 11.6 Å². The fraction of sp³-hybridized carbons (Fsp3) is 0.174. The molecule has 4 nitrogen and oxygen atoms in total. The van der Waals surface area contributed by atoms with Crippen molar-refractivity contribution in [2.75, 3.05) is 7.11 Å². The Kier molecular flexibility index (Phi) is 6.52. The normalized spacial score (nSPS) is 10.7. The van der Waals surface area contributed by atoms with Crippen molar-refractivity contribution in [3.05, 3.63) is 87.7 Å². The van der Waals surface area contributed by atoms with Crippen molar-refractivity contribution in [3.8, 4) is 16.9 Å². The summed E-state index contributed by atoms with van der Waals surface area (Å²) in [5.41, 5.74) is 10.4. The molecule has 3 aromatic rings. The lowest BCUT2D eigenvalue weighted by molar-refractivity contribution is 0.0951. The van der Waals surface area contributed by atoms with E-state index in [1.165, 1.54) is 19.2 Å². The van der Waals surface area contributed by atoms with Gasteiger partial charge >= 0.3 is 0 Å². The lowest BCUT2D eigenvalue weighted by Gasteiger charge is -2.13. The van der Waals surface area contributed by atoms with Crippen molar-refractivity contribution in [1.82, 2.24) is 5.32 Å². The zero-order chi connectivity index (χ0) is 21.0. The molecule has 29 heavy (non-hydrogen) atoms. The van der Waals surface area contributed by atoms with E-state index in [1.54, 1.807) is 18.2 Å². The third kappa shape index (κ3) is 4.94. The molecule has 0 atom stereocenters. The Bertz CT molecular complexity index is 1050. The molecular formula is C23H22ClFN2O2. The van der Waals surface area contributed by atoms with E-state index >= 15 is 0 Å². The van der Waals surface area contributed by atoms with Gasteiger partial charge < -0.3 is 15.8 Å². The van der Waals surface area contributed by atoms with Crippen molar-refractivity contribution in [3.63, 3.8) is 0 Å². The van der Waals surface area contributed by atoms with E-state index in [9.17, 15) is 9.18 Å². The first-order chi connectivity index (χ1) is 13.9. The van der Waals surface area contributed by atoms with Crippen molar-refractivity contribution < 1.29 is 13.9 Å². The van der Waals surface area contributed by atoms with E-state index in [1.807, 2.05) is 31.2 Å². The molecule has 0 unspecified atom stereocenters. The van der Waals surface area contributed by atoms with E-state index in [0.29, 0.717) is 28.4 Å². The van der Waals surface area contributed by atoms with Gasteiger partial charge in [0.15, 0.2) is 0 Å². The predicted octanol–water partition coefficient (Wildman–Crippen LogP) is 4.85. The molecule has 0 heterocycles. The third-order valence-corrected chi connectivity index (χ3v) is 5.06. The van der Waals surface area contributed by atoms with Crippen molar-refractivity contribution in [2.45, 2.75) is 20.0 Å². The van der Waals surface area contributed by atoms with Crippen LogP contribution in [0, 0.1) is 12.7 Å². The van der Waals surface area contributed by atoms with Crippen LogP contribution in [-0.2, 0) is 13.1 Å². The smallest absolute Gasteiger partial charge is 0.251 e. The molecular weight excluding hydrogens is 391 g/mol. The minimum absolute atomic E-state index is 0.227. The van der Waals surface area contributed by atoms with Crippen LogP contribution in [0.2, 0.25) is 5.02 Å². The third-order valence-electron chi connectivity index (χ3n) is 4.64. The number of hydrogen-bond acceptors (Lipinski definition) is 3. The Morgan fingerprint density at radius 2 is 1.90 bits per heavy atom. The second-order valence-electron chi connectivity index (χ2n) is 6.73. The van der Waals surface area contributed by atoms with Gasteiger partial charge in [0.25, 0.3) is 5.91 Å². The van der Waals surface area contributed by atoms with Crippen LogP contribution in [0.15, 0.2) is 54.6 Å². The average Bonchev–Trinajstić information content (AvgIpc) is 2.73. The van der Waals surface area contributed by atoms with Crippen LogP contribution in [0.4, 0.5) is 4.39 Å². The maximum absolute atomic E-state index is 13.5. The molecule has 0 spiro atoms. The molecule has 0 saturated carbocycles. The molecule has 0 fully saturated rings. The molecule has 0 bridgehead atoms. The summed E-state index contributed by atoms with van der Waals surface area (Å²) < 4.78 is 18.8. The highest BCUT2D eigenvalue weighted by molar-refractivity contribution is 6.31. The highest BCUT2D eigenvalue weighted by Crippen LogP contribution is 2.32. The first kappa shape index (κ1) is 20.8. The van der Waals surface area contributed by atoms with Crippen molar-refractivity contribution in [2.24, 2.45) is 5.73 Å². The zero-order valence-corrected chi connectivity index (χ0v) is 17.0. The number of aryl methyl sites for hydroxylation is 1. The molecule has 0 saturated heterocycles. The Labute approximate surface area is 174 Å². The summed E-state index contributed by atoms with van der Waals surface area (Å²) in [6, 6.07) is 15.3. The van der Waals surface area contributed by atoms with Crippen LogP contribution < -0.4 is 15.8 Å². The van der Waals surface area contributed by atoms with Crippen LogP contribution in [0.5, 0.6) is 5.75 Å². The number of nitrogens with two attached hydrogens (primary N) is 1. The Morgan fingerprint density at radius 1 is 1.10 bits per heavy atom. The molecule has 0 aromatic heterocycles. The number of carbonyl (C=O) groups excluding carboxylic acids is 1. The first-order valence-electron chi connectivity index (χ1n) is 9.12. The molecule has 0 aliphatic carbocycles. The second kappa shape index (κ2) is 9.07. The SMILES string of the molecule is COc1cc(F)ccc1-c1cc(CN)cc(C(=O)NCc2ccc(Cl)c(C)c2)c1. The highest BCUT2D eigenvalue weighted by Gasteiger charge is 2.13. The summed E-state index contributed by atoms with van der Waals surface area (Å²) in [6.45, 7) is 2.56. The van der Waals surface area contributed by atoms with Crippen LogP contribution in [0.25, 0.3) is 11.1 Å². The number of nitrogens with one attached hydrogen (secondary N) is 1. The average molecular weight is 413 g/mol. The van der Waals surface area contributed by atoms with Gasteiger partial charge in [-0.15, -0.1) is 0 Å². The molecule has 3 aromatic carbocycles. The minimum atomic E-state index is -0.392. The number of rotatable bonds is 6. The summed E-state index contributed by atoms with van der Waals surface area (Å²) >= 11 is 6.05. The Morgan fingerprint density at radius 3 is 2.59 bits per heavy atom. The number of methoxy groups -OCH3 is 1. The van der Waals surface area contributed by atoms with Crippen LogP contribution in [-0.4, -0.2) is 13.0 Å². The van der Waals surface area contributed by atoms with E-state index in [-0.39, 0.29) is 12.5 Å². The van der Waals surface area contributed by atoms with Gasteiger partial charge in [-0.2, -0.15) is 0 Å². The van der Waals surface area contributed by atoms with E-state index in [0.717, 1.165) is 22.3 Å². The molecule has 6 heteroatoms. The topological polar surface area (TPSA) is 64.3 Å². The van der Waals surface area contributed by atoms with Crippen LogP contribution in [0.1, 0.15) is 27.0 Å². The first-order valence-corrected chi connectivity index (χ1v) is 9.50. The number of amides is 1. The Hall–Kier alpha value is -2.89. The van der Waals surface area contributed by atoms with Gasteiger partial charge in [-0.25, -0.2) is 4.39 Å². The second-order valence-corrected chi connectivity index (χ2v) is 7.14. The lowest BCUT2D eigenvalue weighted by atomic mass is 9.98. The molecule has 0 aliphatic heterocycles. The van der Waals surface area contributed by atoms with Gasteiger partial charge in [0.05, 0.1) is 7.11 Å². The zero-order valence-electron chi connectivity index (χ0n) is 16.3. The summed E-state index contributed by atoms with van der Waals surface area (Å²) in [7, 11) is 1.48. The summed E-state index contributed by atoms with van der Waals surface area (Å²) in [5.74, 6) is -0.228.